The molecule has 21 heavy (non-hydrogen) atoms. The Bertz CT molecular complexity index is 567. The number of hydrogen-bond acceptors (Lipinski definition) is 4. The van der Waals surface area contributed by atoms with Gasteiger partial charge in [-0.25, -0.2) is 9.59 Å². The highest BCUT2D eigenvalue weighted by Gasteiger charge is 2.81. The van der Waals surface area contributed by atoms with Crippen LogP contribution in [0.5, 0.6) is 0 Å². The van der Waals surface area contributed by atoms with Crippen molar-refractivity contribution in [3.8, 4) is 0 Å². The Morgan fingerprint density at radius 3 is 1.62 bits per heavy atom. The minimum Gasteiger partial charge on any atom is -0.318 e. The van der Waals surface area contributed by atoms with Gasteiger partial charge in [-0.15, -0.1) is 0 Å². The Balaban J connectivity index is 1.92. The van der Waals surface area contributed by atoms with Gasteiger partial charge in [0.25, 0.3) is 0 Å². The summed E-state index contributed by atoms with van der Waals surface area (Å²) in [5.41, 5.74) is -2.03. The van der Waals surface area contributed by atoms with Crippen LogP contribution in [0.25, 0.3) is 0 Å². The van der Waals surface area contributed by atoms with Crippen molar-refractivity contribution in [2.45, 2.75) is 32.4 Å². The van der Waals surface area contributed by atoms with Crippen LogP contribution in [0.1, 0.15) is 20.3 Å². The Kier molecular flexibility index (Phi) is 2.02. The van der Waals surface area contributed by atoms with Crippen molar-refractivity contribution >= 4 is 23.9 Å². The van der Waals surface area contributed by atoms with Crippen molar-refractivity contribution in [2.75, 3.05) is 13.1 Å². The zero-order valence-corrected chi connectivity index (χ0v) is 11.8. The molecule has 4 atom stereocenters. The second kappa shape index (κ2) is 3.37. The monoisotopic (exact) mass is 292 g/mol. The predicted octanol–water partition coefficient (Wildman–Crippen LogP) is -0.743. The molecular formula is C13H16N4O4. The number of carbonyl (C=O) groups is 4. The molecule has 8 heteroatoms. The molecule has 112 valence electrons. The van der Waals surface area contributed by atoms with Crippen LogP contribution in [-0.2, 0) is 9.59 Å². The van der Waals surface area contributed by atoms with Crippen LogP contribution in [0.4, 0.5) is 9.59 Å². The molecular weight excluding hydrogens is 276 g/mol. The first-order valence-electron chi connectivity index (χ1n) is 7.07. The van der Waals surface area contributed by atoms with Gasteiger partial charge in [-0.2, -0.15) is 0 Å². The fourth-order valence-electron chi connectivity index (χ4n) is 4.60. The molecule has 3 saturated heterocycles. The number of amides is 6. The topological polar surface area (TPSA) is 98.8 Å². The van der Waals surface area contributed by atoms with Crippen LogP contribution in [-0.4, -0.2) is 58.8 Å². The van der Waals surface area contributed by atoms with E-state index >= 15 is 0 Å². The van der Waals surface area contributed by atoms with Crippen LogP contribution < -0.4 is 10.6 Å². The molecule has 8 nitrogen and oxygen atoms in total. The first-order valence-corrected chi connectivity index (χ1v) is 7.07. The Morgan fingerprint density at radius 1 is 0.857 bits per heavy atom. The Morgan fingerprint density at radius 2 is 1.24 bits per heavy atom. The summed E-state index contributed by atoms with van der Waals surface area (Å²) in [6.07, 6.45) is 0.627. The van der Waals surface area contributed by atoms with E-state index in [1.165, 1.54) is 0 Å². The molecule has 1 saturated carbocycles. The Hall–Kier alpha value is -2.12. The van der Waals surface area contributed by atoms with Crippen molar-refractivity contribution in [1.82, 2.24) is 20.4 Å². The average molecular weight is 292 g/mol. The smallest absolute Gasteiger partial charge is 0.318 e. The summed E-state index contributed by atoms with van der Waals surface area (Å²) in [5.74, 6) is -0.863. The standard InChI is InChI=1S/C13H16N4O4/c1-12-6-7-13(12,2)9(19)15-11(21)17(7)5-3-4-16(6)10(20)14-8(12)18/h6-7H,3-5H2,1-2H3,(H,14,18,20)(H,15,19,21). The first kappa shape index (κ1) is 12.6. The summed E-state index contributed by atoms with van der Waals surface area (Å²) in [4.78, 5) is 52.2. The van der Waals surface area contributed by atoms with Crippen molar-refractivity contribution in [1.29, 1.82) is 0 Å². The highest BCUT2D eigenvalue weighted by Crippen LogP contribution is 2.63. The van der Waals surface area contributed by atoms with Crippen molar-refractivity contribution < 1.29 is 19.2 Å². The molecule has 6 amide bonds. The number of imide groups is 2. The molecule has 4 rings (SSSR count). The average Bonchev–Trinajstić information content (AvgIpc) is 2.63. The summed E-state index contributed by atoms with van der Waals surface area (Å²) >= 11 is 0. The lowest BCUT2D eigenvalue weighted by Crippen LogP contribution is -2.90. The second-order valence-electron chi connectivity index (χ2n) is 6.55. The minimum absolute atomic E-state index is 0.426. The van der Waals surface area contributed by atoms with Gasteiger partial charge < -0.3 is 9.80 Å². The van der Waals surface area contributed by atoms with E-state index in [2.05, 4.69) is 10.6 Å². The number of nitrogens with zero attached hydrogens (tertiary/aromatic N) is 2. The third-order valence-corrected chi connectivity index (χ3v) is 5.94. The van der Waals surface area contributed by atoms with Crippen molar-refractivity contribution in [3.63, 3.8) is 0 Å². The molecule has 0 bridgehead atoms. The molecule has 3 aliphatic heterocycles. The molecule has 0 aromatic heterocycles. The van der Waals surface area contributed by atoms with E-state index in [4.69, 9.17) is 0 Å². The number of carbonyl (C=O) groups excluding carboxylic acids is 4. The van der Waals surface area contributed by atoms with Gasteiger partial charge in [0.15, 0.2) is 0 Å². The largest absolute Gasteiger partial charge is 0.324 e. The SMILES string of the molecule is CC12C(=O)NC(=O)N3CCCN4C(=O)NC(=O)C1(C)C4C32. The summed E-state index contributed by atoms with van der Waals surface area (Å²) in [7, 11) is 0. The third kappa shape index (κ3) is 1.07. The lowest BCUT2D eigenvalue weighted by molar-refractivity contribution is -0.209. The van der Waals surface area contributed by atoms with E-state index in [0.717, 1.165) is 0 Å². The molecule has 4 unspecified atom stereocenters. The van der Waals surface area contributed by atoms with Crippen LogP contribution >= 0.6 is 0 Å². The van der Waals surface area contributed by atoms with Crippen LogP contribution in [0, 0.1) is 10.8 Å². The fraction of sp³-hybridized carbons (Fsp3) is 0.692. The first-order chi connectivity index (χ1) is 9.83. The normalized spacial score (nSPS) is 44.5. The zero-order valence-electron chi connectivity index (χ0n) is 11.8. The van der Waals surface area contributed by atoms with Crippen LogP contribution in [0.15, 0.2) is 0 Å². The van der Waals surface area contributed by atoms with E-state index in [-0.39, 0.29) is 0 Å². The molecule has 3 heterocycles. The molecule has 0 radical (unpaired) electrons. The van der Waals surface area contributed by atoms with Gasteiger partial charge in [0.1, 0.15) is 0 Å². The van der Waals surface area contributed by atoms with Crippen LogP contribution in [0.2, 0.25) is 0 Å². The number of urea groups is 2. The minimum atomic E-state index is -1.01. The maximum Gasteiger partial charge on any atom is 0.324 e. The Labute approximate surface area is 120 Å². The molecule has 0 spiro atoms. The number of hydrogen-bond donors (Lipinski definition) is 2. The molecule has 4 fully saturated rings. The van der Waals surface area contributed by atoms with E-state index < -0.39 is 46.8 Å². The van der Waals surface area contributed by atoms with Gasteiger partial charge in [-0.3, -0.25) is 20.2 Å². The number of rotatable bonds is 0. The predicted molar refractivity (Wildman–Crippen MR) is 68.9 cm³/mol. The van der Waals surface area contributed by atoms with E-state index in [0.29, 0.717) is 19.5 Å². The summed E-state index contributed by atoms with van der Waals surface area (Å²) in [5, 5.41) is 4.72. The molecule has 0 aromatic carbocycles. The highest BCUT2D eigenvalue weighted by molar-refractivity contribution is 6.10. The third-order valence-electron chi connectivity index (χ3n) is 5.94. The van der Waals surface area contributed by atoms with Gasteiger partial charge in [-0.1, -0.05) is 0 Å². The molecule has 2 N–H and O–H groups in total. The van der Waals surface area contributed by atoms with Gasteiger partial charge in [-0.05, 0) is 20.3 Å². The summed E-state index contributed by atoms with van der Waals surface area (Å²) < 4.78 is 0. The zero-order chi connectivity index (χ0) is 15.2. The number of nitrogens with one attached hydrogen (secondary N) is 2. The van der Waals surface area contributed by atoms with E-state index in [9.17, 15) is 19.2 Å². The maximum atomic E-state index is 12.4. The van der Waals surface area contributed by atoms with E-state index in [1.807, 2.05) is 0 Å². The fourth-order valence-corrected chi connectivity index (χ4v) is 4.60. The second-order valence-corrected chi connectivity index (χ2v) is 6.55. The maximum absolute atomic E-state index is 12.4. The summed E-state index contributed by atoms with van der Waals surface area (Å²) in [6.45, 7) is 4.37. The van der Waals surface area contributed by atoms with E-state index in [1.54, 1.807) is 23.6 Å². The lowest BCUT2D eigenvalue weighted by Gasteiger charge is -2.70. The molecule has 1 aliphatic carbocycles. The van der Waals surface area contributed by atoms with Crippen molar-refractivity contribution in [3.05, 3.63) is 0 Å². The quantitative estimate of drug-likeness (QED) is 0.614. The van der Waals surface area contributed by atoms with Crippen LogP contribution in [0.3, 0.4) is 0 Å². The van der Waals surface area contributed by atoms with Gasteiger partial charge in [0, 0.05) is 13.1 Å². The van der Waals surface area contributed by atoms with Gasteiger partial charge in [0.05, 0.1) is 22.9 Å². The summed E-state index contributed by atoms with van der Waals surface area (Å²) in [6, 6.07) is -1.71. The highest BCUT2D eigenvalue weighted by atomic mass is 16.2. The number of fused-ring (bicyclic) bond motifs is 1. The van der Waals surface area contributed by atoms with Gasteiger partial charge >= 0.3 is 12.1 Å². The molecule has 4 aliphatic rings. The van der Waals surface area contributed by atoms with Crippen molar-refractivity contribution in [2.24, 2.45) is 10.8 Å². The molecule has 0 aromatic rings. The van der Waals surface area contributed by atoms with Gasteiger partial charge in [0.2, 0.25) is 11.8 Å². The lowest BCUT2D eigenvalue weighted by atomic mass is 9.42.